The van der Waals surface area contributed by atoms with E-state index in [0.29, 0.717) is 33.2 Å². The van der Waals surface area contributed by atoms with Crippen LogP contribution in [-0.2, 0) is 13.6 Å². The van der Waals surface area contributed by atoms with E-state index in [9.17, 15) is 0 Å². The largest absolute Gasteiger partial charge is 0.491 e. The SMILES string of the molecule is C=C[C@H]1OC=C[C@@H](O[Si](C(C)C)(C(C)C)C(C)C)[C@@H]1O[Si](C(C)C)(C(C)C)C(C)C. The molecule has 0 aromatic heterocycles. The van der Waals surface area contributed by atoms with Gasteiger partial charge in [-0.15, -0.1) is 0 Å². The first-order valence-electron chi connectivity index (χ1n) is 12.1. The predicted octanol–water partition coefficient (Wildman–Crippen LogP) is 8.21. The third kappa shape index (κ3) is 5.16. The van der Waals surface area contributed by atoms with Crippen molar-refractivity contribution in [3.63, 3.8) is 0 Å². The summed E-state index contributed by atoms with van der Waals surface area (Å²) in [6.07, 6.45) is 5.38. The van der Waals surface area contributed by atoms with Gasteiger partial charge in [-0.3, -0.25) is 0 Å². The van der Waals surface area contributed by atoms with E-state index in [-0.39, 0.29) is 18.3 Å². The number of ether oxygens (including phenoxy) is 1. The van der Waals surface area contributed by atoms with Crippen LogP contribution in [0, 0.1) is 0 Å². The van der Waals surface area contributed by atoms with Gasteiger partial charge in [0.1, 0.15) is 12.2 Å². The van der Waals surface area contributed by atoms with Crippen LogP contribution in [0.5, 0.6) is 0 Å². The zero-order chi connectivity index (χ0) is 23.4. The van der Waals surface area contributed by atoms with Crippen molar-refractivity contribution < 1.29 is 13.6 Å². The molecule has 1 aliphatic rings. The van der Waals surface area contributed by atoms with E-state index in [1.54, 1.807) is 6.26 Å². The molecular weight excluding hydrogens is 404 g/mol. The van der Waals surface area contributed by atoms with E-state index in [2.05, 4.69) is 95.7 Å². The molecule has 5 heteroatoms. The first kappa shape index (κ1) is 27.7. The summed E-state index contributed by atoms with van der Waals surface area (Å²) >= 11 is 0. The third-order valence-electron chi connectivity index (χ3n) is 7.48. The van der Waals surface area contributed by atoms with Crippen molar-refractivity contribution in [3.8, 4) is 0 Å². The number of hydrogen-bond donors (Lipinski definition) is 0. The lowest BCUT2D eigenvalue weighted by Gasteiger charge is -2.50. The lowest BCUT2D eigenvalue weighted by molar-refractivity contribution is -0.0329. The van der Waals surface area contributed by atoms with Crippen LogP contribution in [0.4, 0.5) is 0 Å². The molecular formula is C25H50O3Si2. The first-order valence-corrected chi connectivity index (χ1v) is 16.4. The van der Waals surface area contributed by atoms with E-state index < -0.39 is 16.6 Å². The van der Waals surface area contributed by atoms with Crippen molar-refractivity contribution in [3.05, 3.63) is 25.0 Å². The highest BCUT2D eigenvalue weighted by atomic mass is 28.4. The molecule has 0 unspecified atom stereocenters. The van der Waals surface area contributed by atoms with Crippen LogP contribution in [0.3, 0.4) is 0 Å². The molecule has 1 aliphatic heterocycles. The standard InChI is InChI=1S/C25H50O3Si2/c1-14-23-25(28-30(20(8)9,21(10)11)22(12)13)24(15-16-26-23)27-29(17(2)3,18(4)5)19(6)7/h14-25H,1H2,2-13H3/t23-,24-,25-/m1/s1. The Kier molecular flexibility index (Phi) is 10.1. The normalized spacial score (nSPS) is 23.3. The van der Waals surface area contributed by atoms with Gasteiger partial charge >= 0.3 is 0 Å². The number of rotatable bonds is 11. The first-order chi connectivity index (χ1) is 13.8. The molecule has 0 bridgehead atoms. The van der Waals surface area contributed by atoms with Crippen molar-refractivity contribution in [2.24, 2.45) is 0 Å². The van der Waals surface area contributed by atoms with Gasteiger partial charge in [0.25, 0.3) is 0 Å². The summed E-state index contributed by atoms with van der Waals surface area (Å²) in [4.78, 5) is 0. The molecule has 30 heavy (non-hydrogen) atoms. The van der Waals surface area contributed by atoms with E-state index >= 15 is 0 Å². The molecule has 176 valence electrons. The molecule has 3 nitrogen and oxygen atoms in total. The molecule has 3 atom stereocenters. The van der Waals surface area contributed by atoms with E-state index in [4.69, 9.17) is 13.6 Å². The Morgan fingerprint density at radius 1 is 0.700 bits per heavy atom. The van der Waals surface area contributed by atoms with Gasteiger partial charge in [-0.05, 0) is 45.4 Å². The smallest absolute Gasteiger partial charge is 0.201 e. The highest BCUT2D eigenvalue weighted by molar-refractivity contribution is 6.78. The minimum Gasteiger partial charge on any atom is -0.491 e. The van der Waals surface area contributed by atoms with Gasteiger partial charge in [0, 0.05) is 0 Å². The molecule has 0 aromatic rings. The van der Waals surface area contributed by atoms with E-state index in [1.165, 1.54) is 0 Å². The second-order valence-electron chi connectivity index (χ2n) is 11.0. The number of hydrogen-bond acceptors (Lipinski definition) is 3. The monoisotopic (exact) mass is 454 g/mol. The minimum atomic E-state index is -2.10. The van der Waals surface area contributed by atoms with Crippen LogP contribution in [-0.4, -0.2) is 34.9 Å². The Bertz CT molecular complexity index is 523. The summed E-state index contributed by atoms with van der Waals surface area (Å²) in [5.41, 5.74) is 3.11. The van der Waals surface area contributed by atoms with E-state index in [0.717, 1.165) is 0 Å². The predicted molar refractivity (Wildman–Crippen MR) is 136 cm³/mol. The van der Waals surface area contributed by atoms with Crippen molar-refractivity contribution in [2.45, 2.75) is 135 Å². The zero-order valence-corrected chi connectivity index (χ0v) is 23.9. The van der Waals surface area contributed by atoms with Gasteiger partial charge in [0.2, 0.25) is 16.6 Å². The fraction of sp³-hybridized carbons (Fsp3) is 0.840. The van der Waals surface area contributed by atoms with Crippen LogP contribution in [0.15, 0.2) is 25.0 Å². The Balaban J connectivity index is 3.48. The second kappa shape index (κ2) is 11.0. The van der Waals surface area contributed by atoms with Crippen molar-refractivity contribution in [2.75, 3.05) is 0 Å². The highest BCUT2D eigenvalue weighted by Gasteiger charge is 2.52. The summed E-state index contributed by atoms with van der Waals surface area (Å²) < 4.78 is 20.5. The van der Waals surface area contributed by atoms with Crippen molar-refractivity contribution in [1.82, 2.24) is 0 Å². The Morgan fingerprint density at radius 3 is 1.40 bits per heavy atom. The lowest BCUT2D eigenvalue weighted by atomic mass is 10.1. The van der Waals surface area contributed by atoms with Gasteiger partial charge in [-0.2, -0.15) is 0 Å². The minimum absolute atomic E-state index is 0.0938. The van der Waals surface area contributed by atoms with Crippen LogP contribution in [0.1, 0.15) is 83.1 Å². The summed E-state index contributed by atoms with van der Waals surface area (Å²) in [7, 11) is -4.16. The molecule has 0 aliphatic carbocycles. The van der Waals surface area contributed by atoms with Crippen molar-refractivity contribution >= 4 is 16.6 Å². The topological polar surface area (TPSA) is 27.7 Å². The summed E-state index contributed by atoms with van der Waals surface area (Å²) in [5, 5.41) is 0. The molecule has 0 radical (unpaired) electrons. The van der Waals surface area contributed by atoms with E-state index in [1.807, 2.05) is 6.08 Å². The molecule has 0 spiro atoms. The van der Waals surface area contributed by atoms with Crippen LogP contribution in [0.25, 0.3) is 0 Å². The maximum atomic E-state index is 7.25. The molecule has 1 rings (SSSR count). The van der Waals surface area contributed by atoms with Gasteiger partial charge in [-0.25, -0.2) is 0 Å². The fourth-order valence-corrected chi connectivity index (χ4v) is 17.4. The summed E-state index contributed by atoms with van der Waals surface area (Å²) in [6, 6.07) is 0. The molecule has 0 fully saturated rings. The zero-order valence-electron chi connectivity index (χ0n) is 21.9. The quantitative estimate of drug-likeness (QED) is 0.232. The average molecular weight is 455 g/mol. The Hall–Kier alpha value is -0.366. The Morgan fingerprint density at radius 2 is 1.07 bits per heavy atom. The van der Waals surface area contributed by atoms with Crippen LogP contribution < -0.4 is 0 Å². The van der Waals surface area contributed by atoms with Crippen LogP contribution in [0.2, 0.25) is 33.2 Å². The highest BCUT2D eigenvalue weighted by Crippen LogP contribution is 2.47. The summed E-state index contributed by atoms with van der Waals surface area (Å²) in [6.45, 7) is 32.1. The Labute approximate surface area is 189 Å². The van der Waals surface area contributed by atoms with Crippen LogP contribution >= 0.6 is 0 Å². The van der Waals surface area contributed by atoms with Gasteiger partial charge in [0.05, 0.1) is 12.4 Å². The molecule has 0 aromatic carbocycles. The lowest BCUT2D eigenvalue weighted by Crippen LogP contribution is -2.59. The molecule has 0 saturated heterocycles. The molecule has 0 saturated carbocycles. The molecule has 0 amide bonds. The third-order valence-corrected chi connectivity index (χ3v) is 19.7. The van der Waals surface area contributed by atoms with Gasteiger partial charge in [0.15, 0.2) is 0 Å². The maximum absolute atomic E-state index is 7.25. The maximum Gasteiger partial charge on any atom is 0.201 e. The van der Waals surface area contributed by atoms with Gasteiger partial charge in [-0.1, -0.05) is 89.7 Å². The molecule has 1 heterocycles. The van der Waals surface area contributed by atoms with Gasteiger partial charge < -0.3 is 13.6 Å². The summed E-state index contributed by atoms with van der Waals surface area (Å²) in [5.74, 6) is 0. The average Bonchev–Trinajstić information content (AvgIpc) is 2.62. The van der Waals surface area contributed by atoms with Crippen molar-refractivity contribution in [1.29, 1.82) is 0 Å². The fourth-order valence-electron chi connectivity index (χ4n) is 6.31. The second-order valence-corrected chi connectivity index (χ2v) is 21.8. The molecule has 0 N–H and O–H groups in total.